The fourth-order valence-corrected chi connectivity index (χ4v) is 3.56. The molecule has 5 rings (SSSR count). The number of fused-ring (bicyclic) bond motifs is 1. The molecule has 0 unspecified atom stereocenters. The fourth-order valence-electron chi connectivity index (χ4n) is 3.56. The van der Waals surface area contributed by atoms with Crippen molar-refractivity contribution in [3.63, 3.8) is 0 Å². The minimum atomic E-state index is -0.0488. The zero-order valence-corrected chi connectivity index (χ0v) is 15.5. The van der Waals surface area contributed by atoms with Crippen molar-refractivity contribution in [1.82, 2.24) is 10.2 Å². The predicted octanol–water partition coefficient (Wildman–Crippen LogP) is 5.29. The average Bonchev–Trinajstić information content (AvgIpc) is 3.47. The van der Waals surface area contributed by atoms with E-state index in [1.54, 1.807) is 0 Å². The number of aromatic nitrogens is 2. The number of nitrogens with zero attached hydrogens (tertiary/aromatic N) is 1. The van der Waals surface area contributed by atoms with Gasteiger partial charge < -0.3 is 5.32 Å². The highest BCUT2D eigenvalue weighted by molar-refractivity contribution is 5.91. The highest BCUT2D eigenvalue weighted by Gasteiger charge is 2.25. The molecule has 2 N–H and O–H groups in total. The van der Waals surface area contributed by atoms with Crippen molar-refractivity contribution in [2.45, 2.75) is 25.2 Å². The third-order valence-corrected chi connectivity index (χ3v) is 5.28. The summed E-state index contributed by atoms with van der Waals surface area (Å²) >= 11 is 0. The second-order valence-electron chi connectivity index (χ2n) is 7.47. The van der Waals surface area contributed by atoms with Crippen LogP contribution in [0.3, 0.4) is 0 Å². The van der Waals surface area contributed by atoms with Gasteiger partial charge in [0.25, 0.3) is 0 Å². The van der Waals surface area contributed by atoms with E-state index in [0.717, 1.165) is 16.8 Å². The van der Waals surface area contributed by atoms with Crippen LogP contribution in [-0.2, 0) is 11.2 Å². The van der Waals surface area contributed by atoms with Gasteiger partial charge in [-0.15, -0.1) is 0 Å². The number of hydrogen-bond donors (Lipinski definition) is 2. The zero-order valence-electron chi connectivity index (χ0n) is 15.5. The van der Waals surface area contributed by atoms with Gasteiger partial charge in [-0.05, 0) is 46.4 Å². The van der Waals surface area contributed by atoms with E-state index in [9.17, 15) is 4.79 Å². The van der Waals surface area contributed by atoms with Gasteiger partial charge in [-0.25, -0.2) is 0 Å². The molecule has 4 nitrogen and oxygen atoms in total. The topological polar surface area (TPSA) is 57.8 Å². The normalized spacial score (nSPS) is 13.6. The Morgan fingerprint density at radius 3 is 2.46 bits per heavy atom. The summed E-state index contributed by atoms with van der Waals surface area (Å²) in [5, 5.41) is 12.5. The van der Waals surface area contributed by atoms with Gasteiger partial charge in [-0.2, -0.15) is 5.10 Å². The summed E-state index contributed by atoms with van der Waals surface area (Å²) in [5.41, 5.74) is 4.44. The van der Waals surface area contributed by atoms with E-state index in [1.165, 1.54) is 29.2 Å². The molecular weight excluding hydrogens is 346 g/mol. The fraction of sp³-hybridized carbons (Fsp3) is 0.167. The van der Waals surface area contributed by atoms with Crippen molar-refractivity contribution in [2.75, 3.05) is 5.32 Å². The molecule has 4 heteroatoms. The molecule has 0 radical (unpaired) electrons. The van der Waals surface area contributed by atoms with E-state index in [0.29, 0.717) is 18.2 Å². The van der Waals surface area contributed by atoms with Crippen LogP contribution in [0.2, 0.25) is 0 Å². The maximum absolute atomic E-state index is 12.3. The van der Waals surface area contributed by atoms with E-state index in [2.05, 4.69) is 70.1 Å². The molecule has 1 saturated carbocycles. The lowest BCUT2D eigenvalue weighted by atomic mass is 10.00. The maximum atomic E-state index is 12.3. The zero-order chi connectivity index (χ0) is 18.9. The van der Waals surface area contributed by atoms with Gasteiger partial charge in [0.15, 0.2) is 5.82 Å². The van der Waals surface area contributed by atoms with E-state index in [-0.39, 0.29) is 5.91 Å². The van der Waals surface area contributed by atoms with Gasteiger partial charge in [-0.1, -0.05) is 60.7 Å². The molecule has 0 bridgehead atoms. The summed E-state index contributed by atoms with van der Waals surface area (Å²) in [4.78, 5) is 12.3. The quantitative estimate of drug-likeness (QED) is 0.504. The Morgan fingerprint density at radius 2 is 1.68 bits per heavy atom. The number of anilines is 1. The third kappa shape index (κ3) is 3.54. The standard InChI is InChI=1S/C24H21N3O/c28-24(25-23-15-22(26-27-23)19-10-11-19)13-16-5-7-18(8-6-16)21-12-9-17-3-1-2-4-20(17)14-21/h1-9,12,14-15,19H,10-11,13H2,(H2,25,26,27,28). The predicted molar refractivity (Wildman–Crippen MR) is 112 cm³/mol. The molecule has 0 atom stereocenters. The summed E-state index contributed by atoms with van der Waals surface area (Å²) in [6.07, 6.45) is 2.75. The summed E-state index contributed by atoms with van der Waals surface area (Å²) < 4.78 is 0. The van der Waals surface area contributed by atoms with Crippen LogP contribution in [0.4, 0.5) is 5.82 Å². The number of benzene rings is 3. The number of amides is 1. The molecule has 1 amide bonds. The van der Waals surface area contributed by atoms with Crippen molar-refractivity contribution in [1.29, 1.82) is 0 Å². The molecule has 1 fully saturated rings. The highest BCUT2D eigenvalue weighted by Crippen LogP contribution is 2.39. The van der Waals surface area contributed by atoms with Gasteiger partial charge in [0.1, 0.15) is 0 Å². The van der Waals surface area contributed by atoms with Crippen LogP contribution < -0.4 is 5.32 Å². The van der Waals surface area contributed by atoms with E-state index in [1.807, 2.05) is 18.2 Å². The molecular formula is C24H21N3O. The first-order chi connectivity index (χ1) is 13.7. The van der Waals surface area contributed by atoms with Gasteiger partial charge in [0.05, 0.1) is 6.42 Å². The Labute approximate surface area is 163 Å². The van der Waals surface area contributed by atoms with E-state index in [4.69, 9.17) is 0 Å². The molecule has 1 heterocycles. The SMILES string of the molecule is O=C(Cc1ccc(-c2ccc3ccccc3c2)cc1)Nc1cc(C2CC2)[nH]n1. The molecule has 1 aliphatic rings. The number of H-pyrrole nitrogens is 1. The van der Waals surface area contributed by atoms with Crippen molar-refractivity contribution < 1.29 is 4.79 Å². The number of carbonyl (C=O) groups is 1. The minimum absolute atomic E-state index is 0.0488. The van der Waals surface area contributed by atoms with Crippen LogP contribution in [0, 0.1) is 0 Å². The van der Waals surface area contributed by atoms with Crippen LogP contribution in [0.5, 0.6) is 0 Å². The Kier molecular flexibility index (Phi) is 4.17. The first kappa shape index (κ1) is 16.8. The average molecular weight is 367 g/mol. The Hall–Kier alpha value is -3.40. The largest absolute Gasteiger partial charge is 0.309 e. The van der Waals surface area contributed by atoms with Gasteiger partial charge in [0.2, 0.25) is 5.91 Å². The minimum Gasteiger partial charge on any atom is -0.309 e. The third-order valence-electron chi connectivity index (χ3n) is 5.28. The van der Waals surface area contributed by atoms with Crippen LogP contribution in [0.15, 0.2) is 72.8 Å². The first-order valence-corrected chi connectivity index (χ1v) is 9.68. The van der Waals surface area contributed by atoms with Gasteiger partial charge >= 0.3 is 0 Å². The second-order valence-corrected chi connectivity index (χ2v) is 7.47. The van der Waals surface area contributed by atoms with Crippen LogP contribution >= 0.6 is 0 Å². The Bertz CT molecular complexity index is 1140. The Balaban J connectivity index is 1.26. The molecule has 1 aromatic heterocycles. The molecule has 0 saturated heterocycles. The summed E-state index contributed by atoms with van der Waals surface area (Å²) in [5.74, 6) is 1.16. The lowest BCUT2D eigenvalue weighted by Crippen LogP contribution is -2.14. The maximum Gasteiger partial charge on any atom is 0.229 e. The number of carbonyl (C=O) groups excluding carboxylic acids is 1. The molecule has 0 spiro atoms. The van der Waals surface area contributed by atoms with Crippen molar-refractivity contribution >= 4 is 22.5 Å². The molecule has 3 aromatic carbocycles. The van der Waals surface area contributed by atoms with E-state index < -0.39 is 0 Å². The lowest BCUT2D eigenvalue weighted by Gasteiger charge is -2.06. The monoisotopic (exact) mass is 367 g/mol. The molecule has 4 aromatic rings. The van der Waals surface area contributed by atoms with E-state index >= 15 is 0 Å². The Morgan fingerprint density at radius 1 is 0.929 bits per heavy atom. The summed E-state index contributed by atoms with van der Waals surface area (Å²) in [6, 6.07) is 25.0. The van der Waals surface area contributed by atoms with Crippen LogP contribution in [0.25, 0.3) is 21.9 Å². The summed E-state index contributed by atoms with van der Waals surface area (Å²) in [6.45, 7) is 0. The second kappa shape index (κ2) is 6.97. The number of rotatable bonds is 5. The van der Waals surface area contributed by atoms with Crippen molar-refractivity contribution in [2.24, 2.45) is 0 Å². The lowest BCUT2D eigenvalue weighted by molar-refractivity contribution is -0.115. The van der Waals surface area contributed by atoms with Crippen molar-refractivity contribution in [3.8, 4) is 11.1 Å². The molecule has 1 aliphatic carbocycles. The first-order valence-electron chi connectivity index (χ1n) is 9.68. The molecule has 0 aliphatic heterocycles. The van der Waals surface area contributed by atoms with Crippen LogP contribution in [0.1, 0.15) is 30.0 Å². The number of hydrogen-bond acceptors (Lipinski definition) is 2. The summed E-state index contributed by atoms with van der Waals surface area (Å²) in [7, 11) is 0. The van der Waals surface area contributed by atoms with Gasteiger partial charge in [-0.3, -0.25) is 9.89 Å². The smallest absolute Gasteiger partial charge is 0.229 e. The van der Waals surface area contributed by atoms with Crippen molar-refractivity contribution in [3.05, 3.63) is 84.1 Å². The van der Waals surface area contributed by atoms with Crippen LogP contribution in [-0.4, -0.2) is 16.1 Å². The number of aromatic amines is 1. The number of nitrogens with one attached hydrogen (secondary N) is 2. The van der Waals surface area contributed by atoms with Gasteiger partial charge in [0, 0.05) is 17.7 Å². The molecule has 138 valence electrons. The molecule has 28 heavy (non-hydrogen) atoms. The highest BCUT2D eigenvalue weighted by atomic mass is 16.1.